The number of aryl methyl sites for hydroxylation is 1. The van der Waals surface area contributed by atoms with Gasteiger partial charge in [-0.05, 0) is 45.4 Å². The molecule has 20 heavy (non-hydrogen) atoms. The van der Waals surface area contributed by atoms with Gasteiger partial charge in [0, 0.05) is 18.2 Å². The summed E-state index contributed by atoms with van der Waals surface area (Å²) >= 11 is 0. The first-order chi connectivity index (χ1) is 9.74. The van der Waals surface area contributed by atoms with E-state index in [1.54, 1.807) is 0 Å². The summed E-state index contributed by atoms with van der Waals surface area (Å²) in [5.41, 5.74) is 2.13. The second kappa shape index (κ2) is 5.80. The molecule has 1 unspecified atom stereocenters. The lowest BCUT2D eigenvalue weighted by Gasteiger charge is -2.32. The Balaban J connectivity index is 1.79. The Morgan fingerprint density at radius 1 is 1.25 bits per heavy atom. The van der Waals surface area contributed by atoms with Gasteiger partial charge in [0.05, 0.1) is 5.69 Å². The van der Waals surface area contributed by atoms with Crippen molar-refractivity contribution >= 4 is 0 Å². The number of oxazole rings is 1. The van der Waals surface area contributed by atoms with E-state index >= 15 is 0 Å². The van der Waals surface area contributed by atoms with Gasteiger partial charge < -0.3 is 4.42 Å². The van der Waals surface area contributed by atoms with E-state index in [1.807, 2.05) is 37.3 Å². The SMILES string of the molecule is Cc1oc(-c2ccccc2)nc1CN1CCCCC1C. The van der Waals surface area contributed by atoms with Crippen LogP contribution in [0.4, 0.5) is 0 Å². The van der Waals surface area contributed by atoms with Crippen LogP contribution in [0.3, 0.4) is 0 Å². The molecule has 2 heterocycles. The summed E-state index contributed by atoms with van der Waals surface area (Å²) in [5.74, 6) is 1.68. The van der Waals surface area contributed by atoms with Crippen LogP contribution in [0, 0.1) is 6.92 Å². The lowest BCUT2D eigenvalue weighted by atomic mass is 10.0. The van der Waals surface area contributed by atoms with Crippen LogP contribution in [-0.2, 0) is 6.54 Å². The summed E-state index contributed by atoms with van der Waals surface area (Å²) in [4.78, 5) is 7.22. The minimum Gasteiger partial charge on any atom is -0.441 e. The molecule has 0 bridgehead atoms. The highest BCUT2D eigenvalue weighted by Crippen LogP contribution is 2.24. The zero-order valence-electron chi connectivity index (χ0n) is 12.3. The van der Waals surface area contributed by atoms with Crippen molar-refractivity contribution in [1.29, 1.82) is 0 Å². The summed E-state index contributed by atoms with van der Waals surface area (Å²) in [6.45, 7) is 6.41. The van der Waals surface area contributed by atoms with E-state index in [4.69, 9.17) is 9.40 Å². The van der Waals surface area contributed by atoms with Gasteiger partial charge in [-0.2, -0.15) is 0 Å². The number of hydrogen-bond acceptors (Lipinski definition) is 3. The molecule has 1 aliphatic rings. The Morgan fingerprint density at radius 2 is 2.05 bits per heavy atom. The van der Waals surface area contributed by atoms with E-state index in [2.05, 4.69) is 11.8 Å². The lowest BCUT2D eigenvalue weighted by molar-refractivity contribution is 0.150. The summed E-state index contributed by atoms with van der Waals surface area (Å²) in [5, 5.41) is 0. The van der Waals surface area contributed by atoms with Gasteiger partial charge in [-0.3, -0.25) is 4.90 Å². The molecule has 3 nitrogen and oxygen atoms in total. The molecular formula is C17H22N2O. The van der Waals surface area contributed by atoms with E-state index in [0.717, 1.165) is 29.5 Å². The van der Waals surface area contributed by atoms with Crippen LogP contribution in [0.15, 0.2) is 34.7 Å². The minimum absolute atomic E-state index is 0.653. The first-order valence-electron chi connectivity index (χ1n) is 7.50. The van der Waals surface area contributed by atoms with Crippen LogP contribution in [0.25, 0.3) is 11.5 Å². The van der Waals surface area contributed by atoms with E-state index in [1.165, 1.54) is 25.8 Å². The van der Waals surface area contributed by atoms with Gasteiger partial charge in [0.15, 0.2) is 0 Å². The summed E-state index contributed by atoms with van der Waals surface area (Å²) in [7, 11) is 0. The molecule has 0 spiro atoms. The smallest absolute Gasteiger partial charge is 0.226 e. The van der Waals surface area contributed by atoms with Crippen molar-refractivity contribution in [2.75, 3.05) is 6.54 Å². The summed E-state index contributed by atoms with van der Waals surface area (Å²) in [6, 6.07) is 10.8. The monoisotopic (exact) mass is 270 g/mol. The van der Waals surface area contributed by atoms with Gasteiger partial charge in [0.2, 0.25) is 5.89 Å². The zero-order chi connectivity index (χ0) is 13.9. The number of likely N-dealkylation sites (tertiary alicyclic amines) is 1. The zero-order valence-corrected chi connectivity index (χ0v) is 12.3. The number of aromatic nitrogens is 1. The maximum Gasteiger partial charge on any atom is 0.226 e. The molecule has 1 aromatic heterocycles. The molecule has 2 aromatic rings. The fourth-order valence-corrected chi connectivity index (χ4v) is 2.86. The fourth-order valence-electron chi connectivity index (χ4n) is 2.86. The van der Waals surface area contributed by atoms with Gasteiger partial charge in [-0.15, -0.1) is 0 Å². The highest BCUT2D eigenvalue weighted by Gasteiger charge is 2.21. The quantitative estimate of drug-likeness (QED) is 0.843. The first kappa shape index (κ1) is 13.4. The molecule has 1 aromatic carbocycles. The first-order valence-corrected chi connectivity index (χ1v) is 7.50. The van der Waals surface area contributed by atoms with Crippen LogP contribution in [0.1, 0.15) is 37.6 Å². The third-order valence-corrected chi connectivity index (χ3v) is 4.21. The molecule has 0 aliphatic carbocycles. The van der Waals surface area contributed by atoms with Gasteiger partial charge in [0.25, 0.3) is 0 Å². The second-order valence-corrected chi connectivity index (χ2v) is 5.70. The highest BCUT2D eigenvalue weighted by atomic mass is 16.4. The topological polar surface area (TPSA) is 29.3 Å². The number of nitrogens with zero attached hydrogens (tertiary/aromatic N) is 2. The molecule has 1 fully saturated rings. The predicted octanol–water partition coefficient (Wildman–Crippen LogP) is 4.02. The molecule has 0 saturated carbocycles. The Hall–Kier alpha value is -1.61. The second-order valence-electron chi connectivity index (χ2n) is 5.70. The number of piperidine rings is 1. The molecule has 3 heteroatoms. The van der Waals surface area contributed by atoms with Crippen molar-refractivity contribution in [1.82, 2.24) is 9.88 Å². The van der Waals surface area contributed by atoms with Crippen LogP contribution < -0.4 is 0 Å². The summed E-state index contributed by atoms with van der Waals surface area (Å²) < 4.78 is 5.84. The van der Waals surface area contributed by atoms with E-state index in [0.29, 0.717) is 6.04 Å². The van der Waals surface area contributed by atoms with Crippen molar-refractivity contribution in [3.63, 3.8) is 0 Å². The largest absolute Gasteiger partial charge is 0.441 e. The lowest BCUT2D eigenvalue weighted by Crippen LogP contribution is -2.37. The van der Waals surface area contributed by atoms with Crippen LogP contribution in [0.5, 0.6) is 0 Å². The van der Waals surface area contributed by atoms with E-state index < -0.39 is 0 Å². The van der Waals surface area contributed by atoms with Crippen molar-refractivity contribution in [2.24, 2.45) is 0 Å². The molecule has 1 atom stereocenters. The maximum absolute atomic E-state index is 5.84. The van der Waals surface area contributed by atoms with Crippen LogP contribution in [-0.4, -0.2) is 22.5 Å². The minimum atomic E-state index is 0.653. The molecule has 3 rings (SSSR count). The third-order valence-electron chi connectivity index (χ3n) is 4.21. The van der Waals surface area contributed by atoms with E-state index in [-0.39, 0.29) is 0 Å². The summed E-state index contributed by atoms with van der Waals surface area (Å²) in [6.07, 6.45) is 3.94. The average Bonchev–Trinajstić information content (AvgIpc) is 2.84. The molecule has 1 aliphatic heterocycles. The van der Waals surface area contributed by atoms with Crippen molar-refractivity contribution in [3.05, 3.63) is 41.8 Å². The van der Waals surface area contributed by atoms with Crippen molar-refractivity contribution < 1.29 is 4.42 Å². The molecule has 1 saturated heterocycles. The highest BCUT2D eigenvalue weighted by molar-refractivity contribution is 5.53. The van der Waals surface area contributed by atoms with Crippen LogP contribution in [0.2, 0.25) is 0 Å². The molecule has 0 amide bonds. The molecule has 0 radical (unpaired) electrons. The van der Waals surface area contributed by atoms with E-state index in [9.17, 15) is 0 Å². The van der Waals surface area contributed by atoms with Crippen molar-refractivity contribution in [2.45, 2.75) is 45.7 Å². The Bertz CT molecular complexity index is 562. The Labute approximate surface area is 120 Å². The fraction of sp³-hybridized carbons (Fsp3) is 0.471. The number of benzene rings is 1. The van der Waals surface area contributed by atoms with Gasteiger partial charge in [-0.1, -0.05) is 24.6 Å². The predicted molar refractivity (Wildman–Crippen MR) is 80.4 cm³/mol. The Kier molecular flexibility index (Phi) is 3.88. The number of rotatable bonds is 3. The van der Waals surface area contributed by atoms with Gasteiger partial charge >= 0.3 is 0 Å². The number of hydrogen-bond donors (Lipinski definition) is 0. The van der Waals surface area contributed by atoms with Gasteiger partial charge in [-0.25, -0.2) is 4.98 Å². The van der Waals surface area contributed by atoms with Crippen molar-refractivity contribution in [3.8, 4) is 11.5 Å². The maximum atomic E-state index is 5.84. The Morgan fingerprint density at radius 3 is 2.80 bits per heavy atom. The average molecular weight is 270 g/mol. The third kappa shape index (κ3) is 2.78. The van der Waals surface area contributed by atoms with Gasteiger partial charge in [0.1, 0.15) is 5.76 Å². The standard InChI is InChI=1S/C17H22N2O/c1-13-8-6-7-11-19(13)12-16-14(2)20-17(18-16)15-9-4-3-5-10-15/h3-5,9-10,13H,6-8,11-12H2,1-2H3. The molecule has 106 valence electrons. The normalized spacial score (nSPS) is 20.2. The van der Waals surface area contributed by atoms with Crippen LogP contribution >= 0.6 is 0 Å². The molecule has 0 N–H and O–H groups in total. The molecular weight excluding hydrogens is 248 g/mol.